The zero-order chi connectivity index (χ0) is 20.8. The number of hydrogen-bond donors (Lipinski definition) is 2. The fourth-order valence-corrected chi connectivity index (χ4v) is 2.93. The van der Waals surface area contributed by atoms with E-state index >= 15 is 0 Å². The van der Waals surface area contributed by atoms with Gasteiger partial charge in [0.2, 0.25) is 0 Å². The van der Waals surface area contributed by atoms with Gasteiger partial charge >= 0.3 is 5.97 Å². The zero-order valence-corrected chi connectivity index (χ0v) is 16.8. The van der Waals surface area contributed by atoms with E-state index in [-0.39, 0.29) is 26.4 Å². The number of amides is 1. The number of nitriles is 1. The molecule has 2 N–H and O–H groups in total. The highest BCUT2D eigenvalue weighted by Gasteiger charge is 2.14. The van der Waals surface area contributed by atoms with Gasteiger partial charge in [-0.15, -0.1) is 0 Å². The molecule has 0 saturated carbocycles. The minimum atomic E-state index is -1.19. The first-order valence-corrected chi connectivity index (χ1v) is 8.94. The molecule has 2 rings (SSSR count). The van der Waals surface area contributed by atoms with Crippen molar-refractivity contribution in [1.82, 2.24) is 0 Å². The maximum atomic E-state index is 12.3. The van der Waals surface area contributed by atoms with Gasteiger partial charge in [0.15, 0.2) is 12.4 Å². The van der Waals surface area contributed by atoms with Crippen LogP contribution in [0.5, 0.6) is 5.75 Å². The van der Waals surface area contributed by atoms with Gasteiger partial charge in [0.05, 0.1) is 20.1 Å². The number of halogens is 4. The van der Waals surface area contributed by atoms with Gasteiger partial charge in [-0.25, -0.2) is 4.79 Å². The van der Waals surface area contributed by atoms with Gasteiger partial charge in [-0.1, -0.05) is 46.4 Å². The van der Waals surface area contributed by atoms with Crippen LogP contribution in [-0.2, 0) is 9.59 Å². The summed E-state index contributed by atoms with van der Waals surface area (Å²) in [4.78, 5) is 22.9. The minimum absolute atomic E-state index is 0.0124. The summed E-state index contributed by atoms with van der Waals surface area (Å²) < 4.78 is 5.01. The Labute approximate surface area is 179 Å². The number of ether oxygens (including phenoxy) is 1. The molecule has 0 radical (unpaired) electrons. The van der Waals surface area contributed by atoms with E-state index in [1.54, 1.807) is 6.07 Å². The van der Waals surface area contributed by atoms with Crippen molar-refractivity contribution in [3.63, 3.8) is 0 Å². The topological polar surface area (TPSA) is 99.4 Å². The largest absolute Gasteiger partial charge is 0.479 e. The first kappa shape index (κ1) is 21.9. The molecule has 1 amide bonds. The van der Waals surface area contributed by atoms with Crippen molar-refractivity contribution in [3.8, 4) is 11.8 Å². The van der Waals surface area contributed by atoms with E-state index in [2.05, 4.69) is 5.32 Å². The van der Waals surface area contributed by atoms with Crippen molar-refractivity contribution in [2.24, 2.45) is 0 Å². The van der Waals surface area contributed by atoms with E-state index < -0.39 is 18.5 Å². The van der Waals surface area contributed by atoms with Gasteiger partial charge in [0.1, 0.15) is 11.6 Å². The number of nitrogens with one attached hydrogen (secondary N) is 1. The predicted molar refractivity (Wildman–Crippen MR) is 108 cm³/mol. The molecule has 0 aromatic heterocycles. The van der Waals surface area contributed by atoms with Gasteiger partial charge in [-0.3, -0.25) is 4.79 Å². The molecular formula is C18H10Cl4N2O4. The van der Waals surface area contributed by atoms with E-state index in [0.29, 0.717) is 16.3 Å². The molecule has 0 aliphatic heterocycles. The molecule has 0 saturated heterocycles. The van der Waals surface area contributed by atoms with Crippen molar-refractivity contribution < 1.29 is 19.4 Å². The Morgan fingerprint density at radius 3 is 2.25 bits per heavy atom. The molecule has 2 aromatic carbocycles. The number of carboxylic acids is 1. The van der Waals surface area contributed by atoms with Crippen molar-refractivity contribution >= 4 is 70.0 Å². The van der Waals surface area contributed by atoms with Crippen molar-refractivity contribution in [3.05, 3.63) is 61.6 Å². The number of carbonyl (C=O) groups excluding carboxylic acids is 1. The number of rotatable bonds is 6. The molecule has 0 aliphatic rings. The zero-order valence-electron chi connectivity index (χ0n) is 13.8. The standard InChI is InChI=1S/C18H10Cl4N2O4/c19-12-2-1-11(6-13(12)20)24-18(27)10(7-23)3-9-4-14(21)17(15(22)5-9)28-8-16(25)26/h1-6H,8H2,(H,24,27)(H,25,26)/b10-3+. The summed E-state index contributed by atoms with van der Waals surface area (Å²) >= 11 is 23.8. The van der Waals surface area contributed by atoms with Crippen LogP contribution in [0.2, 0.25) is 20.1 Å². The van der Waals surface area contributed by atoms with E-state index in [1.807, 2.05) is 0 Å². The molecular weight excluding hydrogens is 450 g/mol. The second-order valence-electron chi connectivity index (χ2n) is 5.25. The highest BCUT2D eigenvalue weighted by molar-refractivity contribution is 6.42. The molecule has 144 valence electrons. The quantitative estimate of drug-likeness (QED) is 0.450. The maximum Gasteiger partial charge on any atom is 0.341 e. The fraction of sp³-hybridized carbons (Fsp3) is 0.0556. The number of anilines is 1. The molecule has 10 heteroatoms. The average Bonchev–Trinajstić information content (AvgIpc) is 2.61. The Hall–Kier alpha value is -2.43. The molecule has 0 bridgehead atoms. The lowest BCUT2D eigenvalue weighted by molar-refractivity contribution is -0.139. The summed E-state index contributed by atoms with van der Waals surface area (Å²) in [5.74, 6) is -1.89. The Morgan fingerprint density at radius 1 is 1.07 bits per heavy atom. The Morgan fingerprint density at radius 2 is 1.71 bits per heavy atom. The van der Waals surface area contributed by atoms with Gasteiger partial charge in [-0.05, 0) is 42.0 Å². The van der Waals surface area contributed by atoms with Crippen LogP contribution in [0.3, 0.4) is 0 Å². The Bertz CT molecular complexity index is 992. The molecule has 0 atom stereocenters. The van der Waals surface area contributed by atoms with Gasteiger partial charge in [0.25, 0.3) is 5.91 Å². The predicted octanol–water partition coefficient (Wildman–Crippen LogP) is 5.31. The van der Waals surface area contributed by atoms with Gasteiger partial charge in [0, 0.05) is 5.69 Å². The minimum Gasteiger partial charge on any atom is -0.479 e. The van der Waals surface area contributed by atoms with Crippen LogP contribution in [0.1, 0.15) is 5.56 Å². The summed E-state index contributed by atoms with van der Waals surface area (Å²) in [5, 5.41) is 21.1. The van der Waals surface area contributed by atoms with E-state index in [1.165, 1.54) is 36.4 Å². The van der Waals surface area contributed by atoms with Crippen LogP contribution in [0.4, 0.5) is 5.69 Å². The highest BCUT2D eigenvalue weighted by atomic mass is 35.5. The number of nitrogens with zero attached hydrogens (tertiary/aromatic N) is 1. The summed E-state index contributed by atoms with van der Waals surface area (Å²) in [6, 6.07) is 9.03. The van der Waals surface area contributed by atoms with Crippen LogP contribution < -0.4 is 10.1 Å². The van der Waals surface area contributed by atoms with Crippen LogP contribution in [-0.4, -0.2) is 23.6 Å². The molecule has 6 nitrogen and oxygen atoms in total. The third-order valence-corrected chi connectivity index (χ3v) is 4.51. The summed E-state index contributed by atoms with van der Waals surface area (Å²) in [6.45, 7) is -0.621. The maximum absolute atomic E-state index is 12.3. The monoisotopic (exact) mass is 458 g/mol. The first-order chi connectivity index (χ1) is 13.2. The van der Waals surface area contributed by atoms with Crippen molar-refractivity contribution in [2.75, 3.05) is 11.9 Å². The summed E-state index contributed by atoms with van der Waals surface area (Å²) in [7, 11) is 0. The number of benzene rings is 2. The van der Waals surface area contributed by atoms with Gasteiger partial charge < -0.3 is 15.2 Å². The normalized spacial score (nSPS) is 10.9. The van der Waals surface area contributed by atoms with Crippen LogP contribution in [0.25, 0.3) is 6.08 Å². The van der Waals surface area contributed by atoms with Crippen molar-refractivity contribution in [2.45, 2.75) is 0 Å². The Kier molecular flexibility index (Phi) is 7.55. The number of aliphatic carboxylic acids is 1. The average molecular weight is 460 g/mol. The van der Waals surface area contributed by atoms with E-state index in [9.17, 15) is 14.9 Å². The number of carboxylic acid groups (broad SMARTS) is 1. The van der Waals surface area contributed by atoms with Crippen LogP contribution in [0.15, 0.2) is 35.9 Å². The number of carbonyl (C=O) groups is 2. The fourth-order valence-electron chi connectivity index (χ4n) is 2.02. The SMILES string of the molecule is N#C/C(=C\c1cc(Cl)c(OCC(=O)O)c(Cl)c1)C(=O)Nc1ccc(Cl)c(Cl)c1. The highest BCUT2D eigenvalue weighted by Crippen LogP contribution is 2.35. The van der Waals surface area contributed by atoms with Gasteiger partial charge in [-0.2, -0.15) is 5.26 Å². The second kappa shape index (κ2) is 9.67. The van der Waals surface area contributed by atoms with Crippen LogP contribution >= 0.6 is 46.4 Å². The van der Waals surface area contributed by atoms with E-state index in [4.69, 9.17) is 56.2 Å². The molecule has 0 unspecified atom stereocenters. The lowest BCUT2D eigenvalue weighted by Gasteiger charge is -2.09. The second-order valence-corrected chi connectivity index (χ2v) is 6.88. The lowest BCUT2D eigenvalue weighted by Crippen LogP contribution is -2.13. The molecule has 0 aliphatic carbocycles. The van der Waals surface area contributed by atoms with Crippen molar-refractivity contribution in [1.29, 1.82) is 5.26 Å². The van der Waals surface area contributed by atoms with E-state index in [0.717, 1.165) is 0 Å². The van der Waals surface area contributed by atoms with Crippen LogP contribution in [0, 0.1) is 11.3 Å². The summed E-state index contributed by atoms with van der Waals surface area (Å²) in [5.41, 5.74) is 0.477. The smallest absolute Gasteiger partial charge is 0.341 e. The molecule has 2 aromatic rings. The Balaban J connectivity index is 2.25. The molecule has 0 fully saturated rings. The molecule has 28 heavy (non-hydrogen) atoms. The first-order valence-electron chi connectivity index (χ1n) is 7.43. The third kappa shape index (κ3) is 5.78. The summed E-state index contributed by atoms with van der Waals surface area (Å²) in [6.07, 6.45) is 1.27. The number of hydrogen-bond acceptors (Lipinski definition) is 4. The molecule has 0 spiro atoms. The lowest BCUT2D eigenvalue weighted by atomic mass is 10.1. The molecule has 0 heterocycles. The third-order valence-electron chi connectivity index (χ3n) is 3.21.